The first-order chi connectivity index (χ1) is 9.91. The van der Waals surface area contributed by atoms with Gasteiger partial charge in [-0.2, -0.15) is 13.2 Å². The van der Waals surface area contributed by atoms with E-state index in [1.165, 1.54) is 24.5 Å². The predicted molar refractivity (Wildman–Crippen MR) is 68.4 cm³/mol. The normalized spacial score (nSPS) is 11.2. The first-order valence-corrected chi connectivity index (χ1v) is 6.08. The minimum absolute atomic E-state index is 0.106. The van der Waals surface area contributed by atoms with Crippen LogP contribution in [-0.2, 0) is 10.9 Å². The lowest BCUT2D eigenvalue weighted by Crippen LogP contribution is -2.07. The van der Waals surface area contributed by atoms with Crippen molar-refractivity contribution in [2.24, 2.45) is 0 Å². The van der Waals surface area contributed by atoms with Crippen molar-refractivity contribution in [2.45, 2.75) is 13.1 Å². The van der Waals surface area contributed by atoms with Gasteiger partial charge in [0.1, 0.15) is 0 Å². The molecule has 0 unspecified atom stereocenters. The number of esters is 1. The van der Waals surface area contributed by atoms with Gasteiger partial charge in [0, 0.05) is 18.0 Å². The molecular formula is C14H11F3N2O2. The average molecular weight is 296 g/mol. The first kappa shape index (κ1) is 15.0. The number of rotatable bonds is 3. The second-order valence-electron chi connectivity index (χ2n) is 4.09. The Morgan fingerprint density at radius 1 is 1.24 bits per heavy atom. The number of nitrogens with zero attached hydrogens (tertiary/aromatic N) is 2. The van der Waals surface area contributed by atoms with Crippen LogP contribution in [0.25, 0.3) is 11.4 Å². The van der Waals surface area contributed by atoms with Gasteiger partial charge in [0.05, 0.1) is 17.7 Å². The number of alkyl halides is 3. The quantitative estimate of drug-likeness (QED) is 0.815. The number of ether oxygens (including phenoxy) is 1. The van der Waals surface area contributed by atoms with Gasteiger partial charge in [0.2, 0.25) is 0 Å². The molecule has 0 N–H and O–H groups in total. The van der Waals surface area contributed by atoms with Crippen LogP contribution in [0.5, 0.6) is 0 Å². The molecule has 1 heterocycles. The molecule has 0 saturated heterocycles. The van der Waals surface area contributed by atoms with Crippen molar-refractivity contribution < 1.29 is 22.7 Å². The molecule has 1 aromatic heterocycles. The third kappa shape index (κ3) is 3.56. The lowest BCUT2D eigenvalue weighted by Gasteiger charge is -2.08. The van der Waals surface area contributed by atoms with Crippen LogP contribution in [0.15, 0.2) is 36.7 Å². The van der Waals surface area contributed by atoms with E-state index in [1.807, 2.05) is 0 Å². The lowest BCUT2D eigenvalue weighted by atomic mass is 10.1. The van der Waals surface area contributed by atoms with Gasteiger partial charge in [-0.25, -0.2) is 14.8 Å². The van der Waals surface area contributed by atoms with E-state index >= 15 is 0 Å². The molecule has 21 heavy (non-hydrogen) atoms. The van der Waals surface area contributed by atoms with Crippen molar-refractivity contribution in [3.63, 3.8) is 0 Å². The Labute approximate surface area is 118 Å². The van der Waals surface area contributed by atoms with Gasteiger partial charge in [0.15, 0.2) is 5.82 Å². The molecule has 4 nitrogen and oxygen atoms in total. The fraction of sp³-hybridized carbons (Fsp3) is 0.214. The van der Waals surface area contributed by atoms with Gasteiger partial charge >= 0.3 is 12.1 Å². The van der Waals surface area contributed by atoms with E-state index in [-0.39, 0.29) is 23.6 Å². The molecule has 0 aliphatic carbocycles. The van der Waals surface area contributed by atoms with Crippen molar-refractivity contribution in [3.8, 4) is 11.4 Å². The Hall–Kier alpha value is -2.44. The average Bonchev–Trinajstić information content (AvgIpc) is 2.47. The third-order valence-corrected chi connectivity index (χ3v) is 2.61. The van der Waals surface area contributed by atoms with Gasteiger partial charge in [-0.1, -0.05) is 12.1 Å². The van der Waals surface area contributed by atoms with Crippen molar-refractivity contribution >= 4 is 5.97 Å². The van der Waals surface area contributed by atoms with E-state index in [9.17, 15) is 18.0 Å². The minimum atomic E-state index is -4.43. The first-order valence-electron chi connectivity index (χ1n) is 6.08. The van der Waals surface area contributed by atoms with E-state index in [0.717, 1.165) is 12.1 Å². The maximum absolute atomic E-state index is 12.6. The lowest BCUT2D eigenvalue weighted by molar-refractivity contribution is -0.137. The largest absolute Gasteiger partial charge is 0.462 e. The Kier molecular flexibility index (Phi) is 4.21. The van der Waals surface area contributed by atoms with Crippen molar-refractivity contribution in [3.05, 3.63) is 47.8 Å². The van der Waals surface area contributed by atoms with E-state index in [2.05, 4.69) is 9.97 Å². The van der Waals surface area contributed by atoms with Crippen LogP contribution in [0.3, 0.4) is 0 Å². The van der Waals surface area contributed by atoms with Crippen LogP contribution in [0.4, 0.5) is 13.2 Å². The van der Waals surface area contributed by atoms with Crippen LogP contribution >= 0.6 is 0 Å². The molecular weight excluding hydrogens is 285 g/mol. The summed E-state index contributed by atoms with van der Waals surface area (Å²) < 4.78 is 42.7. The summed E-state index contributed by atoms with van der Waals surface area (Å²) in [4.78, 5) is 19.2. The zero-order valence-corrected chi connectivity index (χ0v) is 11.0. The van der Waals surface area contributed by atoms with E-state index in [0.29, 0.717) is 0 Å². The molecule has 0 atom stereocenters. The summed E-state index contributed by atoms with van der Waals surface area (Å²) in [6, 6.07) is 4.67. The SMILES string of the molecule is CCOC(=O)c1cnc(-c2cccc(C(F)(F)F)c2)nc1. The minimum Gasteiger partial charge on any atom is -0.462 e. The molecule has 0 fully saturated rings. The van der Waals surface area contributed by atoms with Crippen molar-refractivity contribution in [1.82, 2.24) is 9.97 Å². The van der Waals surface area contributed by atoms with Gasteiger partial charge in [-0.05, 0) is 19.1 Å². The molecule has 2 rings (SSSR count). The molecule has 2 aromatic rings. The van der Waals surface area contributed by atoms with Gasteiger partial charge in [-0.3, -0.25) is 0 Å². The van der Waals surface area contributed by atoms with Crippen LogP contribution in [-0.4, -0.2) is 22.5 Å². The Bertz CT molecular complexity index is 639. The smallest absolute Gasteiger partial charge is 0.416 e. The number of hydrogen-bond acceptors (Lipinski definition) is 4. The highest BCUT2D eigenvalue weighted by Crippen LogP contribution is 2.31. The summed E-state index contributed by atoms with van der Waals surface area (Å²) >= 11 is 0. The molecule has 1 aromatic carbocycles. The molecule has 0 saturated carbocycles. The summed E-state index contributed by atoms with van der Waals surface area (Å²) in [5.74, 6) is -0.470. The third-order valence-electron chi connectivity index (χ3n) is 2.61. The molecule has 0 bridgehead atoms. The van der Waals surface area contributed by atoms with Crippen LogP contribution < -0.4 is 0 Å². The molecule has 0 spiro atoms. The van der Waals surface area contributed by atoms with Crippen molar-refractivity contribution in [2.75, 3.05) is 6.61 Å². The summed E-state index contributed by atoms with van der Waals surface area (Å²) in [7, 11) is 0. The molecule has 7 heteroatoms. The van der Waals surface area contributed by atoms with E-state index < -0.39 is 17.7 Å². The summed E-state index contributed by atoms with van der Waals surface area (Å²) in [5.41, 5.74) is -0.411. The standard InChI is InChI=1S/C14H11F3N2O2/c1-2-21-13(20)10-7-18-12(19-8-10)9-4-3-5-11(6-9)14(15,16)17/h3-8H,2H2,1H3. The summed E-state index contributed by atoms with van der Waals surface area (Å²) in [6.07, 6.45) is -1.98. The number of benzene rings is 1. The van der Waals surface area contributed by atoms with Crippen LogP contribution in [0.2, 0.25) is 0 Å². The highest BCUT2D eigenvalue weighted by atomic mass is 19.4. The number of carbonyl (C=O) groups is 1. The van der Waals surface area contributed by atoms with Crippen molar-refractivity contribution in [1.29, 1.82) is 0 Å². The zero-order chi connectivity index (χ0) is 15.5. The van der Waals surface area contributed by atoms with Gasteiger partial charge < -0.3 is 4.74 Å². The monoisotopic (exact) mass is 296 g/mol. The van der Waals surface area contributed by atoms with E-state index in [4.69, 9.17) is 4.74 Å². The van der Waals surface area contributed by atoms with Crippen LogP contribution in [0.1, 0.15) is 22.8 Å². The topological polar surface area (TPSA) is 52.1 Å². The highest BCUT2D eigenvalue weighted by Gasteiger charge is 2.30. The number of carbonyl (C=O) groups excluding carboxylic acids is 1. The van der Waals surface area contributed by atoms with Gasteiger partial charge in [0.25, 0.3) is 0 Å². The zero-order valence-electron chi connectivity index (χ0n) is 11.0. The fourth-order valence-electron chi connectivity index (χ4n) is 1.63. The van der Waals surface area contributed by atoms with Gasteiger partial charge in [-0.15, -0.1) is 0 Å². The Morgan fingerprint density at radius 2 is 1.90 bits per heavy atom. The Balaban J connectivity index is 2.29. The molecule has 0 aliphatic heterocycles. The number of halogens is 3. The molecule has 0 aliphatic rings. The predicted octanol–water partition coefficient (Wildman–Crippen LogP) is 3.34. The highest BCUT2D eigenvalue weighted by molar-refractivity contribution is 5.88. The maximum Gasteiger partial charge on any atom is 0.416 e. The summed E-state index contributed by atoms with van der Waals surface area (Å²) in [5, 5.41) is 0. The Morgan fingerprint density at radius 3 is 2.48 bits per heavy atom. The molecule has 110 valence electrons. The molecule has 0 amide bonds. The molecule has 0 radical (unpaired) electrons. The number of hydrogen-bond donors (Lipinski definition) is 0. The fourth-order valence-corrected chi connectivity index (χ4v) is 1.63. The second-order valence-corrected chi connectivity index (χ2v) is 4.09. The van der Waals surface area contributed by atoms with E-state index in [1.54, 1.807) is 6.92 Å². The maximum atomic E-state index is 12.6. The second kappa shape index (κ2) is 5.90. The number of aromatic nitrogens is 2. The summed E-state index contributed by atoms with van der Waals surface area (Å²) in [6.45, 7) is 1.88. The van der Waals surface area contributed by atoms with Crippen LogP contribution in [0, 0.1) is 0 Å².